The molecule has 0 aliphatic heterocycles. The Kier molecular flexibility index (Phi) is 5.01. The molecule has 4 heteroatoms. The SMILES string of the molecule is CC(C)(C)NCc1ccccc1Sc1ccc(F)c(F)c1. The first-order chi connectivity index (χ1) is 9.85. The van der Waals surface area contributed by atoms with E-state index in [-0.39, 0.29) is 5.54 Å². The van der Waals surface area contributed by atoms with Crippen LogP contribution in [0.3, 0.4) is 0 Å². The Morgan fingerprint density at radius 2 is 1.71 bits per heavy atom. The third kappa shape index (κ3) is 4.83. The Balaban J connectivity index is 2.17. The quantitative estimate of drug-likeness (QED) is 0.852. The summed E-state index contributed by atoms with van der Waals surface area (Å²) in [5.41, 5.74) is 1.17. The van der Waals surface area contributed by atoms with Gasteiger partial charge in [0.15, 0.2) is 11.6 Å². The minimum absolute atomic E-state index is 0.0275. The molecule has 112 valence electrons. The topological polar surface area (TPSA) is 12.0 Å². The Bertz CT molecular complexity index is 620. The van der Waals surface area contributed by atoms with Crippen molar-refractivity contribution in [3.8, 4) is 0 Å². The van der Waals surface area contributed by atoms with Crippen molar-refractivity contribution >= 4 is 11.8 Å². The van der Waals surface area contributed by atoms with E-state index in [4.69, 9.17) is 0 Å². The molecule has 21 heavy (non-hydrogen) atoms. The molecule has 1 nitrogen and oxygen atoms in total. The molecule has 2 aromatic carbocycles. The first-order valence-electron chi connectivity index (χ1n) is 6.81. The fourth-order valence-electron chi connectivity index (χ4n) is 1.78. The van der Waals surface area contributed by atoms with E-state index in [1.54, 1.807) is 6.07 Å². The van der Waals surface area contributed by atoms with Crippen molar-refractivity contribution < 1.29 is 8.78 Å². The highest BCUT2D eigenvalue weighted by Crippen LogP contribution is 2.31. The van der Waals surface area contributed by atoms with Gasteiger partial charge in [0, 0.05) is 21.9 Å². The second-order valence-corrected chi connectivity index (χ2v) is 7.00. The predicted octanol–water partition coefficient (Wildman–Crippen LogP) is 5.00. The standard InChI is InChI=1S/C17H19F2NS/c1-17(2,3)20-11-12-6-4-5-7-16(12)21-13-8-9-14(18)15(19)10-13/h4-10,20H,11H2,1-3H3. The summed E-state index contributed by atoms with van der Waals surface area (Å²) in [6.45, 7) is 7.06. The van der Waals surface area contributed by atoms with Crippen LogP contribution in [0.25, 0.3) is 0 Å². The van der Waals surface area contributed by atoms with Crippen LogP contribution in [-0.4, -0.2) is 5.54 Å². The van der Waals surface area contributed by atoms with E-state index < -0.39 is 11.6 Å². The van der Waals surface area contributed by atoms with Crippen LogP contribution in [0.2, 0.25) is 0 Å². The molecule has 0 saturated heterocycles. The molecule has 0 radical (unpaired) electrons. The molecule has 1 N–H and O–H groups in total. The Morgan fingerprint density at radius 1 is 1.00 bits per heavy atom. The maximum absolute atomic E-state index is 13.3. The summed E-state index contributed by atoms with van der Waals surface area (Å²) < 4.78 is 26.3. The van der Waals surface area contributed by atoms with Crippen molar-refractivity contribution in [2.75, 3.05) is 0 Å². The second-order valence-electron chi connectivity index (χ2n) is 5.89. The lowest BCUT2D eigenvalue weighted by Gasteiger charge is -2.21. The summed E-state index contributed by atoms with van der Waals surface area (Å²) in [5, 5.41) is 3.44. The van der Waals surface area contributed by atoms with Crippen molar-refractivity contribution in [1.29, 1.82) is 0 Å². The molecule has 0 aromatic heterocycles. The molecule has 0 amide bonds. The zero-order valence-corrected chi connectivity index (χ0v) is 13.2. The number of hydrogen-bond donors (Lipinski definition) is 1. The van der Waals surface area contributed by atoms with Crippen LogP contribution in [-0.2, 0) is 6.54 Å². The largest absolute Gasteiger partial charge is 0.308 e. The van der Waals surface area contributed by atoms with E-state index >= 15 is 0 Å². The fraction of sp³-hybridized carbons (Fsp3) is 0.294. The number of rotatable bonds is 4. The van der Waals surface area contributed by atoms with E-state index in [1.165, 1.54) is 17.8 Å². The van der Waals surface area contributed by atoms with Gasteiger partial charge in [-0.25, -0.2) is 8.78 Å². The summed E-state index contributed by atoms with van der Waals surface area (Å²) in [6, 6.07) is 11.9. The molecule has 0 aliphatic rings. The lowest BCUT2D eigenvalue weighted by atomic mass is 10.1. The number of hydrogen-bond acceptors (Lipinski definition) is 2. The van der Waals surface area contributed by atoms with Crippen molar-refractivity contribution in [3.05, 3.63) is 59.7 Å². The van der Waals surface area contributed by atoms with Crippen LogP contribution in [0.4, 0.5) is 8.78 Å². The molecule has 0 fully saturated rings. The number of nitrogens with one attached hydrogen (secondary N) is 1. The van der Waals surface area contributed by atoms with Gasteiger partial charge < -0.3 is 5.32 Å². The molecule has 2 aromatic rings. The van der Waals surface area contributed by atoms with Gasteiger partial charge in [-0.1, -0.05) is 30.0 Å². The van der Waals surface area contributed by atoms with Crippen LogP contribution >= 0.6 is 11.8 Å². The van der Waals surface area contributed by atoms with E-state index in [0.717, 1.165) is 23.1 Å². The smallest absolute Gasteiger partial charge is 0.159 e. The van der Waals surface area contributed by atoms with Gasteiger partial charge >= 0.3 is 0 Å². The van der Waals surface area contributed by atoms with E-state index in [1.807, 2.05) is 24.3 Å². The van der Waals surface area contributed by atoms with Crippen LogP contribution in [0.5, 0.6) is 0 Å². The molecule has 0 saturated carbocycles. The normalized spacial score (nSPS) is 11.7. The molecule has 0 atom stereocenters. The molecule has 2 rings (SSSR count). The lowest BCUT2D eigenvalue weighted by Crippen LogP contribution is -2.35. The Hall–Kier alpha value is -1.39. The zero-order chi connectivity index (χ0) is 15.5. The monoisotopic (exact) mass is 307 g/mol. The van der Waals surface area contributed by atoms with Crippen LogP contribution < -0.4 is 5.32 Å². The van der Waals surface area contributed by atoms with Gasteiger partial charge in [0.05, 0.1) is 0 Å². The third-order valence-corrected chi connectivity index (χ3v) is 4.01. The highest BCUT2D eigenvalue weighted by molar-refractivity contribution is 7.99. The molecular weight excluding hydrogens is 288 g/mol. The van der Waals surface area contributed by atoms with E-state index in [0.29, 0.717) is 4.90 Å². The third-order valence-electron chi connectivity index (χ3n) is 2.90. The highest BCUT2D eigenvalue weighted by atomic mass is 32.2. The first-order valence-corrected chi connectivity index (χ1v) is 7.63. The fourth-order valence-corrected chi connectivity index (χ4v) is 2.75. The molecule has 0 heterocycles. The molecule has 0 spiro atoms. The van der Waals surface area contributed by atoms with Gasteiger partial charge in [-0.15, -0.1) is 0 Å². The first kappa shape index (κ1) is 16.0. The Labute approximate surface area is 128 Å². The van der Waals surface area contributed by atoms with Crippen LogP contribution in [0.15, 0.2) is 52.3 Å². The summed E-state index contributed by atoms with van der Waals surface area (Å²) in [6.07, 6.45) is 0. The predicted molar refractivity (Wildman–Crippen MR) is 83.5 cm³/mol. The van der Waals surface area contributed by atoms with Gasteiger partial charge in [0.2, 0.25) is 0 Å². The maximum Gasteiger partial charge on any atom is 0.159 e. The Morgan fingerprint density at radius 3 is 2.38 bits per heavy atom. The minimum atomic E-state index is -0.818. The average molecular weight is 307 g/mol. The van der Waals surface area contributed by atoms with Gasteiger partial charge in [-0.2, -0.15) is 0 Å². The molecule has 0 bridgehead atoms. The van der Waals surface area contributed by atoms with Crippen molar-refractivity contribution in [1.82, 2.24) is 5.32 Å². The summed E-state index contributed by atoms with van der Waals surface area (Å²) in [5.74, 6) is -1.63. The van der Waals surface area contributed by atoms with Crippen molar-refractivity contribution in [3.63, 3.8) is 0 Å². The summed E-state index contributed by atoms with van der Waals surface area (Å²) in [4.78, 5) is 1.73. The maximum atomic E-state index is 13.3. The molecule has 0 unspecified atom stereocenters. The number of halogens is 2. The molecule has 0 aliphatic carbocycles. The summed E-state index contributed by atoms with van der Waals surface area (Å²) in [7, 11) is 0. The van der Waals surface area contributed by atoms with Crippen LogP contribution in [0, 0.1) is 11.6 Å². The number of benzene rings is 2. The van der Waals surface area contributed by atoms with E-state index in [2.05, 4.69) is 26.1 Å². The lowest BCUT2D eigenvalue weighted by molar-refractivity contribution is 0.422. The van der Waals surface area contributed by atoms with Gasteiger partial charge in [0.25, 0.3) is 0 Å². The average Bonchev–Trinajstić information content (AvgIpc) is 2.41. The van der Waals surface area contributed by atoms with E-state index in [9.17, 15) is 8.78 Å². The van der Waals surface area contributed by atoms with Gasteiger partial charge in [-0.05, 0) is 50.6 Å². The second kappa shape index (κ2) is 6.58. The molecular formula is C17H19F2NS. The zero-order valence-electron chi connectivity index (χ0n) is 12.4. The van der Waals surface area contributed by atoms with Crippen molar-refractivity contribution in [2.24, 2.45) is 0 Å². The van der Waals surface area contributed by atoms with Crippen molar-refractivity contribution in [2.45, 2.75) is 42.6 Å². The highest BCUT2D eigenvalue weighted by Gasteiger charge is 2.11. The summed E-state index contributed by atoms with van der Waals surface area (Å²) >= 11 is 1.44. The van der Waals surface area contributed by atoms with Gasteiger partial charge in [0.1, 0.15) is 0 Å². The van der Waals surface area contributed by atoms with Crippen LogP contribution in [0.1, 0.15) is 26.3 Å². The minimum Gasteiger partial charge on any atom is -0.308 e. The van der Waals surface area contributed by atoms with Gasteiger partial charge in [-0.3, -0.25) is 0 Å².